The number of carbonyl (C=O) groups excluding carboxylic acids is 1. The zero-order valence-electron chi connectivity index (χ0n) is 10.6. The van der Waals surface area contributed by atoms with E-state index in [4.69, 9.17) is 16.3 Å². The number of halogens is 2. The number of amides is 1. The Hall–Kier alpha value is -1.52. The van der Waals surface area contributed by atoms with Crippen molar-refractivity contribution in [2.45, 2.75) is 0 Å². The number of benzene rings is 2. The molecule has 20 heavy (non-hydrogen) atoms. The van der Waals surface area contributed by atoms with Crippen LogP contribution in [0, 0.1) is 0 Å². The number of rotatable bonds is 5. The molecule has 5 heteroatoms. The van der Waals surface area contributed by atoms with Crippen LogP contribution >= 0.6 is 27.5 Å². The summed E-state index contributed by atoms with van der Waals surface area (Å²) in [6.07, 6.45) is 0. The number of hydrogen-bond acceptors (Lipinski definition) is 2. The number of hydrogen-bond donors (Lipinski definition) is 1. The molecule has 0 aliphatic rings. The largest absolute Gasteiger partial charge is 0.492 e. The van der Waals surface area contributed by atoms with Crippen molar-refractivity contribution < 1.29 is 9.53 Å². The molecule has 1 amide bonds. The van der Waals surface area contributed by atoms with Crippen LogP contribution in [0.15, 0.2) is 53.0 Å². The van der Waals surface area contributed by atoms with Crippen LogP contribution in [0.25, 0.3) is 0 Å². The number of nitrogens with one attached hydrogen (secondary N) is 1. The lowest BCUT2D eigenvalue weighted by atomic mass is 10.2. The van der Waals surface area contributed by atoms with Crippen LogP contribution in [0.1, 0.15) is 10.4 Å². The Morgan fingerprint density at radius 3 is 2.65 bits per heavy atom. The molecule has 0 bridgehead atoms. The van der Waals surface area contributed by atoms with Gasteiger partial charge in [-0.25, -0.2) is 0 Å². The molecular formula is C15H13BrClNO2. The van der Waals surface area contributed by atoms with E-state index in [1.165, 1.54) is 0 Å². The van der Waals surface area contributed by atoms with Crippen LogP contribution in [-0.2, 0) is 0 Å². The predicted octanol–water partition coefficient (Wildman–Crippen LogP) is 3.91. The van der Waals surface area contributed by atoms with Crippen molar-refractivity contribution in [3.8, 4) is 5.75 Å². The van der Waals surface area contributed by atoms with Gasteiger partial charge in [0.2, 0.25) is 0 Å². The third-order valence-electron chi connectivity index (χ3n) is 2.56. The fourth-order valence-electron chi connectivity index (χ4n) is 1.59. The normalized spacial score (nSPS) is 10.1. The van der Waals surface area contributed by atoms with E-state index in [9.17, 15) is 4.79 Å². The van der Waals surface area contributed by atoms with Crippen molar-refractivity contribution in [3.05, 3.63) is 63.6 Å². The maximum absolute atomic E-state index is 11.8. The van der Waals surface area contributed by atoms with Crippen molar-refractivity contribution in [3.63, 3.8) is 0 Å². The molecule has 0 atom stereocenters. The van der Waals surface area contributed by atoms with Crippen molar-refractivity contribution in [2.24, 2.45) is 0 Å². The van der Waals surface area contributed by atoms with E-state index in [-0.39, 0.29) is 5.91 Å². The summed E-state index contributed by atoms with van der Waals surface area (Å²) >= 11 is 9.17. The minimum atomic E-state index is -0.118. The lowest BCUT2D eigenvalue weighted by Crippen LogP contribution is -2.28. The van der Waals surface area contributed by atoms with Gasteiger partial charge in [-0.15, -0.1) is 0 Å². The first-order valence-corrected chi connectivity index (χ1v) is 7.24. The van der Waals surface area contributed by atoms with Gasteiger partial charge in [0.15, 0.2) is 0 Å². The first kappa shape index (κ1) is 14.9. The average Bonchev–Trinajstić information content (AvgIpc) is 2.44. The summed E-state index contributed by atoms with van der Waals surface area (Å²) < 4.78 is 6.43. The third-order valence-corrected chi connectivity index (χ3v) is 3.32. The molecule has 0 saturated carbocycles. The van der Waals surface area contributed by atoms with Gasteiger partial charge in [-0.05, 0) is 42.5 Å². The highest BCUT2D eigenvalue weighted by molar-refractivity contribution is 9.10. The lowest BCUT2D eigenvalue weighted by molar-refractivity contribution is 0.0947. The fourth-order valence-corrected chi connectivity index (χ4v) is 2.04. The highest BCUT2D eigenvalue weighted by atomic mass is 79.9. The van der Waals surface area contributed by atoms with Gasteiger partial charge in [0.1, 0.15) is 12.4 Å². The minimum Gasteiger partial charge on any atom is -0.492 e. The van der Waals surface area contributed by atoms with E-state index in [0.717, 1.165) is 4.47 Å². The SMILES string of the molecule is O=C(NCCOc1cccc(Cl)c1)c1ccc(Br)cc1. The molecule has 0 aliphatic carbocycles. The summed E-state index contributed by atoms with van der Waals surface area (Å²) in [5.41, 5.74) is 0.621. The molecule has 0 aliphatic heterocycles. The van der Waals surface area contributed by atoms with Crippen LogP contribution in [0.4, 0.5) is 0 Å². The Labute approximate surface area is 131 Å². The summed E-state index contributed by atoms with van der Waals surface area (Å²) in [5, 5.41) is 3.42. The summed E-state index contributed by atoms with van der Waals surface area (Å²) in [5.74, 6) is 0.572. The molecule has 2 aromatic rings. The predicted molar refractivity (Wildman–Crippen MR) is 83.4 cm³/mol. The highest BCUT2D eigenvalue weighted by Crippen LogP contribution is 2.16. The summed E-state index contributed by atoms with van der Waals surface area (Å²) in [7, 11) is 0. The molecule has 0 saturated heterocycles. The Morgan fingerprint density at radius 1 is 1.20 bits per heavy atom. The van der Waals surface area contributed by atoms with E-state index in [1.807, 2.05) is 24.3 Å². The molecule has 0 unspecified atom stereocenters. The molecule has 0 spiro atoms. The second-order valence-corrected chi connectivity index (χ2v) is 5.42. The Morgan fingerprint density at radius 2 is 1.95 bits per heavy atom. The van der Waals surface area contributed by atoms with Gasteiger partial charge < -0.3 is 10.1 Å². The Kier molecular flexibility index (Phi) is 5.44. The Bertz CT molecular complexity index is 587. The second-order valence-electron chi connectivity index (χ2n) is 4.07. The fraction of sp³-hybridized carbons (Fsp3) is 0.133. The summed E-state index contributed by atoms with van der Waals surface area (Å²) in [6, 6.07) is 14.3. The van der Waals surface area contributed by atoms with E-state index >= 15 is 0 Å². The molecule has 0 fully saturated rings. The van der Waals surface area contributed by atoms with Crippen LogP contribution in [0.3, 0.4) is 0 Å². The molecule has 3 nitrogen and oxygen atoms in total. The minimum absolute atomic E-state index is 0.118. The number of carbonyl (C=O) groups is 1. The Balaban J connectivity index is 1.76. The first-order chi connectivity index (χ1) is 9.65. The quantitative estimate of drug-likeness (QED) is 0.827. The molecule has 0 heterocycles. The molecule has 0 aromatic heterocycles. The van der Waals surface area contributed by atoms with Crippen LogP contribution in [-0.4, -0.2) is 19.1 Å². The van der Waals surface area contributed by atoms with Gasteiger partial charge in [-0.1, -0.05) is 33.6 Å². The zero-order valence-corrected chi connectivity index (χ0v) is 12.9. The van der Waals surface area contributed by atoms with Crippen molar-refractivity contribution in [1.29, 1.82) is 0 Å². The van der Waals surface area contributed by atoms with Gasteiger partial charge in [0, 0.05) is 15.1 Å². The molecule has 104 valence electrons. The second kappa shape index (κ2) is 7.31. The zero-order chi connectivity index (χ0) is 14.4. The van der Waals surface area contributed by atoms with Gasteiger partial charge >= 0.3 is 0 Å². The smallest absolute Gasteiger partial charge is 0.251 e. The third kappa shape index (κ3) is 4.54. The van der Waals surface area contributed by atoms with Gasteiger partial charge in [-0.2, -0.15) is 0 Å². The van der Waals surface area contributed by atoms with E-state index in [0.29, 0.717) is 29.5 Å². The molecule has 1 N–H and O–H groups in total. The van der Waals surface area contributed by atoms with Crippen LogP contribution < -0.4 is 10.1 Å². The van der Waals surface area contributed by atoms with Crippen molar-refractivity contribution in [1.82, 2.24) is 5.32 Å². The van der Waals surface area contributed by atoms with Crippen LogP contribution in [0.5, 0.6) is 5.75 Å². The van der Waals surface area contributed by atoms with Gasteiger partial charge in [0.25, 0.3) is 5.91 Å². The van der Waals surface area contributed by atoms with Crippen molar-refractivity contribution >= 4 is 33.4 Å². The molecule has 2 aromatic carbocycles. The average molecular weight is 355 g/mol. The van der Waals surface area contributed by atoms with Gasteiger partial charge in [0.05, 0.1) is 6.54 Å². The maximum atomic E-state index is 11.8. The highest BCUT2D eigenvalue weighted by Gasteiger charge is 2.04. The monoisotopic (exact) mass is 353 g/mol. The summed E-state index contributed by atoms with van der Waals surface area (Å²) in [4.78, 5) is 11.8. The van der Waals surface area contributed by atoms with Crippen molar-refractivity contribution in [2.75, 3.05) is 13.2 Å². The lowest BCUT2D eigenvalue weighted by Gasteiger charge is -2.08. The van der Waals surface area contributed by atoms with Crippen LogP contribution in [0.2, 0.25) is 5.02 Å². The molecular weight excluding hydrogens is 342 g/mol. The number of ether oxygens (including phenoxy) is 1. The molecule has 0 radical (unpaired) electrons. The van der Waals surface area contributed by atoms with Gasteiger partial charge in [-0.3, -0.25) is 4.79 Å². The summed E-state index contributed by atoms with van der Waals surface area (Å²) in [6.45, 7) is 0.823. The first-order valence-electron chi connectivity index (χ1n) is 6.07. The standard InChI is InChI=1S/C15H13BrClNO2/c16-12-6-4-11(5-7-12)15(19)18-8-9-20-14-3-1-2-13(17)10-14/h1-7,10H,8-9H2,(H,18,19). The van der Waals surface area contributed by atoms with E-state index in [2.05, 4.69) is 21.2 Å². The van der Waals surface area contributed by atoms with E-state index in [1.54, 1.807) is 24.3 Å². The maximum Gasteiger partial charge on any atom is 0.251 e. The topological polar surface area (TPSA) is 38.3 Å². The molecule has 2 rings (SSSR count). The van der Waals surface area contributed by atoms with E-state index < -0.39 is 0 Å².